The molecule has 1 amide bonds. The Morgan fingerprint density at radius 3 is 2.13 bits per heavy atom. The van der Waals surface area contributed by atoms with Gasteiger partial charge in [0.25, 0.3) is 0 Å². The first kappa shape index (κ1) is 17.2. The van der Waals surface area contributed by atoms with Crippen LogP contribution in [-0.4, -0.2) is 54.5 Å². The standard InChI is InChI=1S/C19H35N3O/c1-16-8-4-7-11-19(16,17(20)23)18(9-5-3-6-10-18)22-14-12-21(2)13-15-22/h16H,3-15H2,1-2H3,(H2,20,23). The fourth-order valence-corrected chi connectivity index (χ4v) is 6.05. The maximum absolute atomic E-state index is 12.9. The predicted molar refractivity (Wildman–Crippen MR) is 94.1 cm³/mol. The lowest BCUT2D eigenvalue weighted by Crippen LogP contribution is -2.70. The van der Waals surface area contributed by atoms with Gasteiger partial charge in [0.15, 0.2) is 0 Å². The summed E-state index contributed by atoms with van der Waals surface area (Å²) in [6, 6.07) is 0. The molecule has 1 aliphatic heterocycles. The number of likely N-dealkylation sites (N-methyl/N-ethyl adjacent to an activating group) is 1. The van der Waals surface area contributed by atoms with Gasteiger partial charge in [-0.25, -0.2) is 0 Å². The number of carbonyl (C=O) groups is 1. The van der Waals surface area contributed by atoms with Crippen LogP contribution in [0.25, 0.3) is 0 Å². The van der Waals surface area contributed by atoms with E-state index in [1.54, 1.807) is 0 Å². The van der Waals surface area contributed by atoms with E-state index in [1.165, 1.54) is 51.4 Å². The first-order valence-corrected chi connectivity index (χ1v) is 9.76. The van der Waals surface area contributed by atoms with Crippen molar-refractivity contribution in [3.8, 4) is 0 Å². The van der Waals surface area contributed by atoms with Gasteiger partial charge in [-0.2, -0.15) is 0 Å². The fourth-order valence-electron chi connectivity index (χ4n) is 6.05. The van der Waals surface area contributed by atoms with Crippen molar-refractivity contribution in [2.24, 2.45) is 17.1 Å². The summed E-state index contributed by atoms with van der Waals surface area (Å²) in [7, 11) is 2.21. The molecule has 0 radical (unpaired) electrons. The van der Waals surface area contributed by atoms with E-state index in [2.05, 4.69) is 23.8 Å². The lowest BCUT2D eigenvalue weighted by molar-refractivity contribution is -0.159. The van der Waals surface area contributed by atoms with Crippen molar-refractivity contribution in [2.45, 2.75) is 70.3 Å². The molecule has 0 aromatic rings. The molecule has 2 aliphatic carbocycles. The van der Waals surface area contributed by atoms with Gasteiger partial charge >= 0.3 is 0 Å². The molecule has 2 saturated carbocycles. The van der Waals surface area contributed by atoms with Crippen molar-refractivity contribution in [1.29, 1.82) is 0 Å². The van der Waals surface area contributed by atoms with E-state index in [-0.39, 0.29) is 16.9 Å². The van der Waals surface area contributed by atoms with Crippen LogP contribution in [0.4, 0.5) is 0 Å². The third-order valence-corrected chi connectivity index (χ3v) is 7.36. The van der Waals surface area contributed by atoms with Crippen LogP contribution in [-0.2, 0) is 4.79 Å². The Bertz CT molecular complexity index is 424. The second-order valence-corrected chi connectivity index (χ2v) is 8.37. The van der Waals surface area contributed by atoms with E-state index in [0.717, 1.165) is 32.6 Å². The summed E-state index contributed by atoms with van der Waals surface area (Å²) in [4.78, 5) is 18.0. The zero-order chi connectivity index (χ0) is 16.5. The quantitative estimate of drug-likeness (QED) is 0.869. The molecular weight excluding hydrogens is 286 g/mol. The number of nitrogens with two attached hydrogens (primary N) is 1. The van der Waals surface area contributed by atoms with E-state index in [0.29, 0.717) is 5.92 Å². The summed E-state index contributed by atoms with van der Waals surface area (Å²) in [5.41, 5.74) is 5.89. The Morgan fingerprint density at radius 2 is 1.57 bits per heavy atom. The zero-order valence-electron chi connectivity index (χ0n) is 15.1. The van der Waals surface area contributed by atoms with Gasteiger partial charge in [0.1, 0.15) is 0 Å². The maximum Gasteiger partial charge on any atom is 0.225 e. The van der Waals surface area contributed by atoms with Gasteiger partial charge in [0.2, 0.25) is 5.91 Å². The number of amides is 1. The number of hydrogen-bond acceptors (Lipinski definition) is 3. The molecule has 4 nitrogen and oxygen atoms in total. The minimum atomic E-state index is -0.304. The lowest BCUT2D eigenvalue weighted by Gasteiger charge is -2.61. The first-order chi connectivity index (χ1) is 11.0. The van der Waals surface area contributed by atoms with Crippen molar-refractivity contribution in [3.63, 3.8) is 0 Å². The van der Waals surface area contributed by atoms with Crippen LogP contribution >= 0.6 is 0 Å². The average molecular weight is 322 g/mol. The van der Waals surface area contributed by atoms with Gasteiger partial charge in [-0.3, -0.25) is 9.69 Å². The first-order valence-electron chi connectivity index (χ1n) is 9.76. The van der Waals surface area contributed by atoms with E-state index in [1.807, 2.05) is 0 Å². The summed E-state index contributed by atoms with van der Waals surface area (Å²) in [5.74, 6) is 0.414. The van der Waals surface area contributed by atoms with Gasteiger partial charge in [0.05, 0.1) is 5.41 Å². The lowest BCUT2D eigenvalue weighted by atomic mass is 9.51. The molecule has 2 N–H and O–H groups in total. The Balaban J connectivity index is 2.00. The third kappa shape index (κ3) is 2.72. The summed E-state index contributed by atoms with van der Waals surface area (Å²) < 4.78 is 0. The molecule has 3 fully saturated rings. The molecule has 2 atom stereocenters. The fraction of sp³-hybridized carbons (Fsp3) is 0.947. The third-order valence-electron chi connectivity index (χ3n) is 7.36. The van der Waals surface area contributed by atoms with Crippen molar-refractivity contribution in [3.05, 3.63) is 0 Å². The van der Waals surface area contributed by atoms with Crippen LogP contribution in [0.3, 0.4) is 0 Å². The van der Waals surface area contributed by atoms with Gasteiger partial charge in [0, 0.05) is 31.7 Å². The summed E-state index contributed by atoms with van der Waals surface area (Å²) in [6.45, 7) is 6.72. The van der Waals surface area contributed by atoms with Gasteiger partial charge in [-0.15, -0.1) is 0 Å². The number of rotatable bonds is 3. The van der Waals surface area contributed by atoms with E-state index in [9.17, 15) is 4.79 Å². The number of piperazine rings is 1. The summed E-state index contributed by atoms with van der Waals surface area (Å²) >= 11 is 0. The molecule has 0 spiro atoms. The molecule has 2 unspecified atom stereocenters. The molecule has 132 valence electrons. The minimum absolute atomic E-state index is 0.00877. The normalized spacial score (nSPS) is 36.7. The van der Waals surface area contributed by atoms with E-state index < -0.39 is 0 Å². The number of carbonyl (C=O) groups excluding carboxylic acids is 1. The van der Waals surface area contributed by atoms with Crippen molar-refractivity contribution < 1.29 is 4.79 Å². The number of primary amides is 1. The van der Waals surface area contributed by atoms with Crippen LogP contribution < -0.4 is 5.73 Å². The summed E-state index contributed by atoms with van der Waals surface area (Å²) in [5, 5.41) is 0. The largest absolute Gasteiger partial charge is 0.369 e. The van der Waals surface area contributed by atoms with Crippen LogP contribution in [0.15, 0.2) is 0 Å². The highest BCUT2D eigenvalue weighted by molar-refractivity contribution is 5.83. The number of hydrogen-bond donors (Lipinski definition) is 1. The molecule has 23 heavy (non-hydrogen) atoms. The monoisotopic (exact) mass is 321 g/mol. The highest BCUT2D eigenvalue weighted by Crippen LogP contribution is 2.56. The van der Waals surface area contributed by atoms with Gasteiger partial charge in [-0.1, -0.05) is 39.0 Å². The molecule has 0 aromatic carbocycles. The average Bonchev–Trinajstić information content (AvgIpc) is 2.56. The van der Waals surface area contributed by atoms with Crippen LogP contribution in [0, 0.1) is 11.3 Å². The Kier molecular flexibility index (Phi) is 5.03. The van der Waals surface area contributed by atoms with Crippen molar-refractivity contribution in [2.75, 3.05) is 33.2 Å². The molecule has 4 heteroatoms. The zero-order valence-corrected chi connectivity index (χ0v) is 15.1. The molecule has 1 heterocycles. The molecule has 3 rings (SSSR count). The molecular formula is C19H35N3O. The van der Waals surface area contributed by atoms with Crippen LogP contribution in [0.1, 0.15) is 64.7 Å². The second-order valence-electron chi connectivity index (χ2n) is 8.37. The van der Waals surface area contributed by atoms with E-state index in [4.69, 9.17) is 5.73 Å². The van der Waals surface area contributed by atoms with Crippen molar-refractivity contribution >= 4 is 5.91 Å². The molecule has 0 bridgehead atoms. The Morgan fingerprint density at radius 1 is 0.957 bits per heavy atom. The molecule has 0 aromatic heterocycles. The number of nitrogens with zero attached hydrogens (tertiary/aromatic N) is 2. The van der Waals surface area contributed by atoms with E-state index >= 15 is 0 Å². The Labute approximate surface area is 141 Å². The molecule has 1 saturated heterocycles. The summed E-state index contributed by atoms with van der Waals surface area (Å²) in [6.07, 6.45) is 10.8. The van der Waals surface area contributed by atoms with Gasteiger partial charge in [-0.05, 0) is 38.6 Å². The van der Waals surface area contributed by atoms with Gasteiger partial charge < -0.3 is 10.6 Å². The topological polar surface area (TPSA) is 49.6 Å². The highest BCUT2D eigenvalue weighted by atomic mass is 16.1. The van der Waals surface area contributed by atoms with Crippen LogP contribution in [0.5, 0.6) is 0 Å². The van der Waals surface area contributed by atoms with Crippen molar-refractivity contribution in [1.82, 2.24) is 9.80 Å². The molecule has 3 aliphatic rings. The smallest absolute Gasteiger partial charge is 0.225 e. The predicted octanol–water partition coefficient (Wildman–Crippen LogP) is 2.62. The second kappa shape index (κ2) is 6.72. The van der Waals surface area contributed by atoms with Crippen LogP contribution in [0.2, 0.25) is 0 Å². The SMILES string of the molecule is CC1CCCCC1(C(N)=O)C1(N2CCN(C)CC2)CCCCC1. The Hall–Kier alpha value is -0.610. The highest BCUT2D eigenvalue weighted by Gasteiger charge is 2.61. The maximum atomic E-state index is 12.9. The minimum Gasteiger partial charge on any atom is -0.369 e.